The first-order valence-electron chi connectivity index (χ1n) is 10.0. The Morgan fingerprint density at radius 3 is 2.50 bits per heavy atom. The Morgan fingerprint density at radius 2 is 1.75 bits per heavy atom. The van der Waals surface area contributed by atoms with E-state index in [0.717, 1.165) is 20.8 Å². The van der Waals surface area contributed by atoms with E-state index in [1.165, 1.54) is 11.3 Å². The second-order valence-electron chi connectivity index (χ2n) is 6.93. The number of benzene rings is 3. The van der Waals surface area contributed by atoms with E-state index in [0.29, 0.717) is 21.9 Å². The maximum atomic E-state index is 12.7. The van der Waals surface area contributed by atoms with Gasteiger partial charge in [-0.1, -0.05) is 58.4 Å². The molecular formula is C25H20BrNO4S. The molecule has 4 aromatic rings. The van der Waals surface area contributed by atoms with Crippen LogP contribution in [-0.4, -0.2) is 25.1 Å². The molecule has 4 rings (SSSR count). The van der Waals surface area contributed by atoms with Crippen molar-refractivity contribution in [1.82, 2.24) is 0 Å². The van der Waals surface area contributed by atoms with Crippen molar-refractivity contribution in [3.05, 3.63) is 82.1 Å². The summed E-state index contributed by atoms with van der Waals surface area (Å²) in [5.74, 6) is -0.225. The van der Waals surface area contributed by atoms with Crippen LogP contribution >= 0.6 is 27.3 Å². The third kappa shape index (κ3) is 5.00. The quantitative estimate of drug-likeness (QED) is 0.288. The number of amides is 1. The zero-order chi connectivity index (χ0) is 22.5. The fourth-order valence-corrected chi connectivity index (χ4v) is 4.50. The number of nitrogens with one attached hydrogen (secondary N) is 1. The van der Waals surface area contributed by atoms with Crippen LogP contribution in [0, 0.1) is 0 Å². The summed E-state index contributed by atoms with van der Waals surface area (Å²) >= 11 is 4.70. The number of fused-ring (bicyclic) bond motifs is 1. The van der Waals surface area contributed by atoms with E-state index in [-0.39, 0.29) is 19.1 Å². The van der Waals surface area contributed by atoms with Crippen molar-refractivity contribution in [2.75, 3.05) is 18.5 Å². The zero-order valence-electron chi connectivity index (χ0n) is 17.3. The average molecular weight is 510 g/mol. The minimum Gasteiger partial charge on any atom is -0.484 e. The first kappa shape index (κ1) is 22.0. The Bertz CT molecular complexity index is 1270. The van der Waals surface area contributed by atoms with Gasteiger partial charge in [0.2, 0.25) is 0 Å². The monoisotopic (exact) mass is 509 g/mol. The van der Waals surface area contributed by atoms with Crippen LogP contribution in [0.25, 0.3) is 21.9 Å². The predicted molar refractivity (Wildman–Crippen MR) is 131 cm³/mol. The molecular weight excluding hydrogens is 490 g/mol. The number of anilines is 1. The summed E-state index contributed by atoms with van der Waals surface area (Å²) < 4.78 is 11.9. The molecule has 0 spiro atoms. The normalized spacial score (nSPS) is 10.7. The summed E-state index contributed by atoms with van der Waals surface area (Å²) in [7, 11) is 0. The van der Waals surface area contributed by atoms with Gasteiger partial charge in [-0.2, -0.15) is 0 Å². The van der Waals surface area contributed by atoms with Crippen molar-refractivity contribution in [3.8, 4) is 16.9 Å². The number of carbonyl (C=O) groups is 2. The number of hydrogen-bond donors (Lipinski definition) is 1. The molecule has 0 bridgehead atoms. The minimum absolute atomic E-state index is 0.174. The molecule has 0 aliphatic carbocycles. The van der Waals surface area contributed by atoms with Crippen LogP contribution in [-0.2, 0) is 9.53 Å². The molecule has 5 nitrogen and oxygen atoms in total. The fraction of sp³-hybridized carbons (Fsp3) is 0.120. The molecule has 1 amide bonds. The average Bonchev–Trinajstić information content (AvgIpc) is 3.21. The van der Waals surface area contributed by atoms with Gasteiger partial charge < -0.3 is 14.8 Å². The Morgan fingerprint density at radius 1 is 1.00 bits per heavy atom. The van der Waals surface area contributed by atoms with Crippen molar-refractivity contribution < 1.29 is 19.1 Å². The lowest BCUT2D eigenvalue weighted by Gasteiger charge is -2.10. The van der Waals surface area contributed by atoms with E-state index in [9.17, 15) is 9.59 Å². The van der Waals surface area contributed by atoms with Crippen molar-refractivity contribution in [1.29, 1.82) is 0 Å². The van der Waals surface area contributed by atoms with E-state index in [2.05, 4.69) is 21.2 Å². The minimum atomic E-state index is -0.475. The maximum Gasteiger partial charge on any atom is 0.341 e. The van der Waals surface area contributed by atoms with Crippen LogP contribution in [0.3, 0.4) is 0 Å². The molecule has 0 radical (unpaired) electrons. The van der Waals surface area contributed by atoms with Crippen LogP contribution in [0.5, 0.6) is 5.75 Å². The van der Waals surface area contributed by atoms with Gasteiger partial charge in [0.25, 0.3) is 5.91 Å². The lowest BCUT2D eigenvalue weighted by atomic mass is 10.0. The van der Waals surface area contributed by atoms with E-state index >= 15 is 0 Å². The molecule has 1 heterocycles. The van der Waals surface area contributed by atoms with Gasteiger partial charge >= 0.3 is 5.97 Å². The summed E-state index contributed by atoms with van der Waals surface area (Å²) in [5, 5.41) is 7.22. The number of rotatable bonds is 7. The number of hydrogen-bond acceptors (Lipinski definition) is 5. The van der Waals surface area contributed by atoms with E-state index in [4.69, 9.17) is 9.47 Å². The van der Waals surface area contributed by atoms with Crippen molar-refractivity contribution in [2.24, 2.45) is 0 Å². The van der Waals surface area contributed by atoms with Gasteiger partial charge in [0.15, 0.2) is 6.61 Å². The second kappa shape index (κ2) is 9.97. The van der Waals surface area contributed by atoms with Crippen molar-refractivity contribution in [2.45, 2.75) is 6.92 Å². The topological polar surface area (TPSA) is 64.6 Å². The lowest BCUT2D eigenvalue weighted by molar-refractivity contribution is -0.118. The molecule has 0 saturated carbocycles. The first-order valence-corrected chi connectivity index (χ1v) is 11.7. The van der Waals surface area contributed by atoms with Gasteiger partial charge in [0, 0.05) is 15.4 Å². The second-order valence-corrected chi connectivity index (χ2v) is 8.72. The van der Waals surface area contributed by atoms with Gasteiger partial charge in [-0.25, -0.2) is 4.79 Å². The lowest BCUT2D eigenvalue weighted by Crippen LogP contribution is -2.21. The molecule has 162 valence electrons. The molecule has 3 aromatic carbocycles. The summed E-state index contributed by atoms with van der Waals surface area (Å²) in [6, 6.07) is 21.2. The molecule has 1 N–H and O–H groups in total. The van der Waals surface area contributed by atoms with Gasteiger partial charge in [-0.15, -0.1) is 11.3 Å². The first-order chi connectivity index (χ1) is 15.5. The van der Waals surface area contributed by atoms with Crippen molar-refractivity contribution in [3.63, 3.8) is 0 Å². The molecule has 32 heavy (non-hydrogen) atoms. The van der Waals surface area contributed by atoms with Crippen LogP contribution in [0.4, 0.5) is 5.00 Å². The van der Waals surface area contributed by atoms with Crippen molar-refractivity contribution >= 4 is 54.9 Å². The van der Waals surface area contributed by atoms with Crippen LogP contribution < -0.4 is 10.1 Å². The van der Waals surface area contributed by atoms with Gasteiger partial charge in [0.1, 0.15) is 16.3 Å². The number of halogens is 1. The maximum absolute atomic E-state index is 12.7. The number of thiophene rings is 1. The van der Waals surface area contributed by atoms with Gasteiger partial charge in [-0.05, 0) is 47.5 Å². The molecule has 1 aromatic heterocycles. The summed E-state index contributed by atoms with van der Waals surface area (Å²) in [6.45, 7) is 1.82. The molecule has 0 unspecified atom stereocenters. The number of esters is 1. The summed E-state index contributed by atoms with van der Waals surface area (Å²) in [5.41, 5.74) is 1.92. The highest BCUT2D eigenvalue weighted by atomic mass is 79.9. The zero-order valence-corrected chi connectivity index (χ0v) is 19.7. The third-order valence-corrected chi connectivity index (χ3v) is 6.19. The molecule has 0 atom stereocenters. The largest absolute Gasteiger partial charge is 0.484 e. The third-order valence-electron chi connectivity index (χ3n) is 4.77. The van der Waals surface area contributed by atoms with Crippen LogP contribution in [0.15, 0.2) is 76.6 Å². The Balaban J connectivity index is 1.51. The Hall–Kier alpha value is -3.16. The molecule has 7 heteroatoms. The van der Waals surface area contributed by atoms with E-state index in [1.807, 2.05) is 72.1 Å². The molecule has 0 fully saturated rings. The number of carbonyl (C=O) groups excluding carboxylic acids is 2. The van der Waals surface area contributed by atoms with E-state index < -0.39 is 5.97 Å². The Kier molecular flexibility index (Phi) is 6.87. The highest BCUT2D eigenvalue weighted by Gasteiger charge is 2.23. The smallest absolute Gasteiger partial charge is 0.341 e. The summed E-state index contributed by atoms with van der Waals surface area (Å²) in [4.78, 5) is 25.3. The standard InChI is InChI=1S/C25H20BrNO4S/c1-2-30-25(29)23-21(17-7-10-19(26)11-8-17)15-32-24(23)27-22(28)14-31-20-12-9-16-5-3-4-6-18(16)13-20/h3-13,15H,2,14H2,1H3,(H,27,28). The molecule has 0 saturated heterocycles. The fourth-order valence-electron chi connectivity index (χ4n) is 3.27. The van der Waals surface area contributed by atoms with Gasteiger partial charge in [-0.3, -0.25) is 4.79 Å². The molecule has 0 aliphatic rings. The highest BCUT2D eigenvalue weighted by Crippen LogP contribution is 2.36. The highest BCUT2D eigenvalue weighted by molar-refractivity contribution is 9.10. The number of ether oxygens (including phenoxy) is 2. The van der Waals surface area contributed by atoms with Crippen LogP contribution in [0.1, 0.15) is 17.3 Å². The van der Waals surface area contributed by atoms with Gasteiger partial charge in [0.05, 0.1) is 6.61 Å². The van der Waals surface area contributed by atoms with E-state index in [1.54, 1.807) is 6.92 Å². The predicted octanol–water partition coefficient (Wildman–Crippen LogP) is 6.53. The summed E-state index contributed by atoms with van der Waals surface area (Å²) in [6.07, 6.45) is 0. The van der Waals surface area contributed by atoms with Crippen LogP contribution in [0.2, 0.25) is 0 Å². The SMILES string of the molecule is CCOC(=O)c1c(-c2ccc(Br)cc2)csc1NC(=O)COc1ccc2ccccc2c1. The Labute approximate surface area is 198 Å². The molecule has 0 aliphatic heterocycles.